The van der Waals surface area contributed by atoms with Gasteiger partial charge in [-0.25, -0.2) is 22.2 Å². The van der Waals surface area contributed by atoms with Crippen LogP contribution in [0.5, 0.6) is 0 Å². The van der Waals surface area contributed by atoms with Gasteiger partial charge >= 0.3 is 0 Å². The molecule has 4 rings (SSSR count). The predicted molar refractivity (Wildman–Crippen MR) is 133 cm³/mol. The van der Waals surface area contributed by atoms with Gasteiger partial charge in [0.2, 0.25) is 0 Å². The molecule has 0 aliphatic carbocycles. The van der Waals surface area contributed by atoms with Gasteiger partial charge in [-0.3, -0.25) is 4.57 Å². The van der Waals surface area contributed by atoms with Gasteiger partial charge in [0.15, 0.2) is 15.7 Å². The Balaban J connectivity index is 1.88. The third-order valence-corrected chi connectivity index (χ3v) is 7.12. The Labute approximate surface area is 208 Å². The second-order valence-corrected chi connectivity index (χ2v) is 11.2. The number of aliphatic hydroxyl groups excluding tert-OH is 1. The van der Waals surface area contributed by atoms with Gasteiger partial charge in [-0.1, -0.05) is 24.3 Å². The molecule has 0 bridgehead atoms. The van der Waals surface area contributed by atoms with Gasteiger partial charge in [0.25, 0.3) is 0 Å². The van der Waals surface area contributed by atoms with Crippen LogP contribution >= 0.6 is 0 Å². The van der Waals surface area contributed by atoms with E-state index < -0.39 is 33.7 Å². The summed E-state index contributed by atoms with van der Waals surface area (Å²) in [6.45, 7) is 4.48. The van der Waals surface area contributed by atoms with Crippen LogP contribution < -0.4 is 0 Å². The second-order valence-electron chi connectivity index (χ2n) is 9.23. The molecule has 0 amide bonds. The molecule has 0 radical (unpaired) electrons. The van der Waals surface area contributed by atoms with E-state index >= 15 is 0 Å². The number of rotatable bonds is 6. The minimum absolute atomic E-state index is 0.00485. The zero-order chi connectivity index (χ0) is 26.4. The number of sulfone groups is 1. The summed E-state index contributed by atoms with van der Waals surface area (Å²) in [7, 11) is -3.56. The summed E-state index contributed by atoms with van der Waals surface area (Å²) < 4.78 is 55.3. The molecule has 0 atom stereocenters. The third kappa shape index (κ3) is 4.82. The topological polar surface area (TPSA) is 92.4 Å². The predicted octanol–water partition coefficient (Wildman–Crippen LogP) is 4.92. The zero-order valence-electron chi connectivity index (χ0n) is 20.3. The molecular weight excluding hydrogens is 486 g/mol. The number of aliphatic hydroxyl groups is 2. The van der Waals surface area contributed by atoms with Gasteiger partial charge in [-0.15, -0.1) is 0 Å². The molecule has 0 aliphatic heterocycles. The van der Waals surface area contributed by atoms with Crippen molar-refractivity contribution in [1.82, 2.24) is 9.55 Å². The van der Waals surface area contributed by atoms with Gasteiger partial charge in [-0.05, 0) is 73.4 Å². The first-order valence-corrected chi connectivity index (χ1v) is 13.0. The van der Waals surface area contributed by atoms with Crippen molar-refractivity contribution in [3.05, 3.63) is 89.2 Å². The fourth-order valence-corrected chi connectivity index (χ4v) is 5.01. The number of hydrogen-bond donors (Lipinski definition) is 2. The maximum atomic E-state index is 14.7. The van der Waals surface area contributed by atoms with E-state index in [0.717, 1.165) is 24.0 Å². The van der Waals surface area contributed by atoms with Crippen molar-refractivity contribution in [3.8, 4) is 28.2 Å². The van der Waals surface area contributed by atoms with Crippen LogP contribution in [0, 0.1) is 18.6 Å². The van der Waals surface area contributed by atoms with Crippen molar-refractivity contribution in [2.45, 2.75) is 37.9 Å². The molecule has 0 unspecified atom stereocenters. The number of nitrogens with zero attached hydrogens (tertiary/aromatic N) is 2. The van der Waals surface area contributed by atoms with Crippen LogP contribution in [0.25, 0.3) is 28.2 Å². The molecule has 0 fully saturated rings. The third-order valence-electron chi connectivity index (χ3n) is 5.95. The number of aromatic nitrogens is 2. The molecule has 9 heteroatoms. The zero-order valence-corrected chi connectivity index (χ0v) is 21.1. The van der Waals surface area contributed by atoms with Crippen LogP contribution in [-0.4, -0.2) is 34.4 Å². The van der Waals surface area contributed by atoms with Crippen molar-refractivity contribution in [2.75, 3.05) is 6.26 Å². The molecule has 1 heterocycles. The summed E-state index contributed by atoms with van der Waals surface area (Å²) in [4.78, 5) is 4.42. The molecular formula is C27H26F2N2O4S. The number of aryl methyl sites for hydroxylation is 1. The van der Waals surface area contributed by atoms with Crippen LogP contribution in [0.3, 0.4) is 0 Å². The van der Waals surface area contributed by atoms with Crippen molar-refractivity contribution >= 4 is 9.84 Å². The van der Waals surface area contributed by atoms with Crippen LogP contribution in [0.4, 0.5) is 8.78 Å². The summed E-state index contributed by atoms with van der Waals surface area (Å²) in [5.41, 5.74) is 1.52. The van der Waals surface area contributed by atoms with Gasteiger partial charge in [-0.2, -0.15) is 0 Å². The highest BCUT2D eigenvalue weighted by molar-refractivity contribution is 7.90. The monoisotopic (exact) mass is 512 g/mol. The first-order chi connectivity index (χ1) is 16.8. The number of halogens is 2. The van der Waals surface area contributed by atoms with Crippen LogP contribution in [0.2, 0.25) is 0 Å². The number of hydrogen-bond acceptors (Lipinski definition) is 5. The van der Waals surface area contributed by atoms with E-state index in [0.29, 0.717) is 22.4 Å². The maximum absolute atomic E-state index is 14.7. The molecule has 0 saturated heterocycles. The molecule has 0 saturated carbocycles. The number of benzene rings is 3. The molecule has 4 aromatic rings. The molecule has 188 valence electrons. The van der Waals surface area contributed by atoms with Gasteiger partial charge in [0.1, 0.15) is 17.2 Å². The summed E-state index contributed by atoms with van der Waals surface area (Å²) in [6, 6.07) is 13.7. The Morgan fingerprint density at radius 3 is 2.17 bits per heavy atom. The SMILES string of the molecule is Cc1cc(-c2ccc(CO)c(S(C)(=O)=O)c2)ccc1-n1cc(C(C)(C)O)nc1-c1c(F)cccc1F. The largest absolute Gasteiger partial charge is 0.392 e. The Hall–Kier alpha value is -3.40. The quantitative estimate of drug-likeness (QED) is 0.383. The summed E-state index contributed by atoms with van der Waals surface area (Å²) >= 11 is 0. The Bertz CT molecular complexity index is 1550. The fourth-order valence-electron chi connectivity index (χ4n) is 4.06. The Morgan fingerprint density at radius 2 is 1.61 bits per heavy atom. The fraction of sp³-hybridized carbons (Fsp3) is 0.222. The lowest BCUT2D eigenvalue weighted by atomic mass is 10.0. The van der Waals surface area contributed by atoms with Crippen LogP contribution in [0.1, 0.15) is 30.7 Å². The first kappa shape index (κ1) is 25.7. The smallest absolute Gasteiger partial charge is 0.175 e. The van der Waals surface area contributed by atoms with Crippen molar-refractivity contribution < 1.29 is 27.4 Å². The van der Waals surface area contributed by atoms with E-state index in [1.165, 1.54) is 30.5 Å². The molecule has 3 aromatic carbocycles. The van der Waals surface area contributed by atoms with Crippen molar-refractivity contribution in [1.29, 1.82) is 0 Å². The average Bonchev–Trinajstić information content (AvgIpc) is 3.23. The first-order valence-electron chi connectivity index (χ1n) is 11.1. The van der Waals surface area contributed by atoms with E-state index in [4.69, 9.17) is 0 Å². The summed E-state index contributed by atoms with van der Waals surface area (Å²) in [5, 5.41) is 20.0. The molecule has 6 nitrogen and oxygen atoms in total. The number of imidazole rings is 1. The van der Waals surface area contributed by atoms with Gasteiger partial charge in [0.05, 0.1) is 28.4 Å². The van der Waals surface area contributed by atoms with Gasteiger partial charge < -0.3 is 10.2 Å². The highest BCUT2D eigenvalue weighted by atomic mass is 32.2. The van der Waals surface area contributed by atoms with E-state index in [1.54, 1.807) is 30.5 Å². The van der Waals surface area contributed by atoms with Crippen LogP contribution in [-0.2, 0) is 22.0 Å². The lowest BCUT2D eigenvalue weighted by molar-refractivity contribution is 0.0743. The van der Waals surface area contributed by atoms with Gasteiger partial charge in [0, 0.05) is 12.5 Å². The Kier molecular flexibility index (Phi) is 6.59. The lowest BCUT2D eigenvalue weighted by Crippen LogP contribution is -2.15. The molecule has 1 aromatic heterocycles. The molecule has 0 aliphatic rings. The summed E-state index contributed by atoms with van der Waals surface area (Å²) in [6.07, 6.45) is 2.63. The minimum atomic E-state index is -3.56. The highest BCUT2D eigenvalue weighted by Gasteiger charge is 2.26. The van der Waals surface area contributed by atoms with Crippen LogP contribution in [0.15, 0.2) is 65.7 Å². The minimum Gasteiger partial charge on any atom is -0.392 e. The summed E-state index contributed by atoms with van der Waals surface area (Å²) in [5.74, 6) is -1.56. The molecule has 2 N–H and O–H groups in total. The lowest BCUT2D eigenvalue weighted by Gasteiger charge is -2.15. The van der Waals surface area contributed by atoms with Crippen molar-refractivity contribution in [2.24, 2.45) is 0 Å². The van der Waals surface area contributed by atoms with E-state index in [-0.39, 0.29) is 22.0 Å². The van der Waals surface area contributed by atoms with E-state index in [2.05, 4.69) is 4.98 Å². The Morgan fingerprint density at radius 1 is 1.00 bits per heavy atom. The second kappa shape index (κ2) is 9.24. The van der Waals surface area contributed by atoms with E-state index in [9.17, 15) is 27.4 Å². The van der Waals surface area contributed by atoms with Crippen molar-refractivity contribution in [3.63, 3.8) is 0 Å². The van der Waals surface area contributed by atoms with E-state index in [1.807, 2.05) is 13.0 Å². The highest BCUT2D eigenvalue weighted by Crippen LogP contribution is 2.34. The standard InChI is InChI=1S/C27H26F2N2O4S/c1-16-12-17(18-8-9-19(15-32)23(13-18)36(4,34)35)10-11-22(16)31-14-24(27(2,3)33)30-26(31)25-20(28)6-5-7-21(25)29/h5-14,32-33H,15H2,1-4H3. The normalized spacial score (nSPS) is 12.2. The average molecular weight is 513 g/mol. The maximum Gasteiger partial charge on any atom is 0.175 e. The molecule has 0 spiro atoms. The molecule has 36 heavy (non-hydrogen) atoms.